The zero-order chi connectivity index (χ0) is 15.2. The molecule has 0 unspecified atom stereocenters. The van der Waals surface area contributed by atoms with Gasteiger partial charge >= 0.3 is 5.97 Å². The molecule has 1 heterocycles. The first-order chi connectivity index (χ1) is 10.1. The van der Waals surface area contributed by atoms with Gasteiger partial charge in [0.05, 0.1) is 5.56 Å². The summed E-state index contributed by atoms with van der Waals surface area (Å²) < 4.78 is 0. The first-order valence-electron chi connectivity index (χ1n) is 6.29. The van der Waals surface area contributed by atoms with Crippen LogP contribution in [0, 0.1) is 6.92 Å². The smallest absolute Gasteiger partial charge is 0.328 e. The standard InChI is InChI=1S/C16H14N2O3/c1-11-4-6-14(9-12(11)5-7-15(19)20)18-16(21)13-3-2-8-17-10-13/h2-10H,1H3,(H,18,21)(H,19,20). The normalized spacial score (nSPS) is 10.5. The number of nitrogens with one attached hydrogen (secondary N) is 1. The molecule has 2 rings (SSSR count). The third-order valence-corrected chi connectivity index (χ3v) is 2.87. The number of nitrogens with zero attached hydrogens (tertiary/aromatic N) is 1. The number of pyridine rings is 1. The molecule has 5 heteroatoms. The Kier molecular flexibility index (Phi) is 4.46. The number of amides is 1. The van der Waals surface area contributed by atoms with Gasteiger partial charge in [0.15, 0.2) is 0 Å². The van der Waals surface area contributed by atoms with Gasteiger partial charge in [0.25, 0.3) is 5.91 Å². The van der Waals surface area contributed by atoms with Crippen molar-refractivity contribution in [2.45, 2.75) is 6.92 Å². The number of hydrogen-bond donors (Lipinski definition) is 2. The van der Waals surface area contributed by atoms with Crippen molar-refractivity contribution >= 4 is 23.6 Å². The molecule has 0 spiro atoms. The maximum atomic E-state index is 12.0. The number of hydrogen-bond acceptors (Lipinski definition) is 3. The molecular weight excluding hydrogens is 268 g/mol. The van der Waals surface area contributed by atoms with E-state index in [1.807, 2.05) is 13.0 Å². The van der Waals surface area contributed by atoms with E-state index in [1.54, 1.807) is 30.5 Å². The summed E-state index contributed by atoms with van der Waals surface area (Å²) in [6.45, 7) is 1.87. The molecule has 0 aliphatic rings. The Balaban J connectivity index is 2.19. The molecule has 0 saturated carbocycles. The third kappa shape index (κ3) is 4.01. The fourth-order valence-corrected chi connectivity index (χ4v) is 1.76. The van der Waals surface area contributed by atoms with Crippen LogP contribution in [0.15, 0.2) is 48.8 Å². The van der Waals surface area contributed by atoms with Crippen molar-refractivity contribution in [2.75, 3.05) is 5.32 Å². The molecule has 0 bridgehead atoms. The predicted molar refractivity (Wildman–Crippen MR) is 80.0 cm³/mol. The summed E-state index contributed by atoms with van der Waals surface area (Å²) in [5.74, 6) is -1.28. The monoisotopic (exact) mass is 282 g/mol. The van der Waals surface area contributed by atoms with E-state index in [2.05, 4.69) is 10.3 Å². The van der Waals surface area contributed by atoms with Gasteiger partial charge in [-0.2, -0.15) is 0 Å². The van der Waals surface area contributed by atoms with E-state index in [0.29, 0.717) is 11.3 Å². The minimum atomic E-state index is -1.01. The van der Waals surface area contributed by atoms with Crippen LogP contribution in [-0.2, 0) is 4.79 Å². The van der Waals surface area contributed by atoms with E-state index in [4.69, 9.17) is 5.11 Å². The first kappa shape index (κ1) is 14.5. The molecule has 0 radical (unpaired) electrons. The summed E-state index contributed by atoms with van der Waals surface area (Å²) in [4.78, 5) is 26.5. The number of carboxylic acids is 1. The molecule has 2 aromatic rings. The number of carbonyl (C=O) groups is 2. The van der Waals surface area contributed by atoms with Crippen molar-refractivity contribution in [1.82, 2.24) is 4.98 Å². The Labute approximate surface area is 122 Å². The quantitative estimate of drug-likeness (QED) is 0.845. The summed E-state index contributed by atoms with van der Waals surface area (Å²) in [7, 11) is 0. The molecule has 0 aliphatic carbocycles. The van der Waals surface area contributed by atoms with Crippen molar-refractivity contribution in [3.63, 3.8) is 0 Å². The molecule has 5 nitrogen and oxygen atoms in total. The average molecular weight is 282 g/mol. The van der Waals surface area contributed by atoms with Crippen LogP contribution in [0.2, 0.25) is 0 Å². The summed E-state index contributed by atoms with van der Waals surface area (Å²) in [6.07, 6.45) is 5.64. The van der Waals surface area contributed by atoms with Gasteiger partial charge in [0.1, 0.15) is 0 Å². The highest BCUT2D eigenvalue weighted by molar-refractivity contribution is 6.04. The molecule has 0 fully saturated rings. The van der Waals surface area contributed by atoms with Crippen LogP contribution in [0.3, 0.4) is 0 Å². The van der Waals surface area contributed by atoms with Crippen molar-refractivity contribution in [1.29, 1.82) is 0 Å². The Morgan fingerprint density at radius 2 is 2.10 bits per heavy atom. The number of benzene rings is 1. The van der Waals surface area contributed by atoms with Gasteiger partial charge in [-0.15, -0.1) is 0 Å². The van der Waals surface area contributed by atoms with Gasteiger partial charge in [-0.05, 0) is 48.4 Å². The Hall–Kier alpha value is -2.95. The number of anilines is 1. The molecule has 1 aromatic heterocycles. The molecule has 0 aliphatic heterocycles. The van der Waals surface area contributed by atoms with Crippen molar-refractivity contribution < 1.29 is 14.7 Å². The van der Waals surface area contributed by atoms with Crippen LogP contribution in [0.1, 0.15) is 21.5 Å². The summed E-state index contributed by atoms with van der Waals surface area (Å²) >= 11 is 0. The molecule has 0 saturated heterocycles. The second kappa shape index (κ2) is 6.47. The molecule has 21 heavy (non-hydrogen) atoms. The van der Waals surface area contributed by atoms with Gasteiger partial charge in [-0.3, -0.25) is 9.78 Å². The van der Waals surface area contributed by atoms with Crippen LogP contribution in [0.4, 0.5) is 5.69 Å². The second-order valence-electron chi connectivity index (χ2n) is 4.44. The molecular formula is C16H14N2O3. The van der Waals surface area contributed by atoms with E-state index in [1.165, 1.54) is 12.3 Å². The number of aryl methyl sites for hydroxylation is 1. The van der Waals surface area contributed by atoms with Crippen molar-refractivity contribution in [3.05, 3.63) is 65.5 Å². The van der Waals surface area contributed by atoms with Crippen molar-refractivity contribution in [3.8, 4) is 0 Å². The average Bonchev–Trinajstić information content (AvgIpc) is 2.48. The fraction of sp³-hybridized carbons (Fsp3) is 0.0625. The van der Waals surface area contributed by atoms with Crippen molar-refractivity contribution in [2.24, 2.45) is 0 Å². The molecule has 1 aromatic carbocycles. The fourth-order valence-electron chi connectivity index (χ4n) is 1.76. The van der Waals surface area contributed by atoms with E-state index in [0.717, 1.165) is 17.2 Å². The number of aromatic nitrogens is 1. The predicted octanol–water partition coefficient (Wildman–Crippen LogP) is 2.74. The molecule has 0 atom stereocenters. The third-order valence-electron chi connectivity index (χ3n) is 2.87. The van der Waals surface area contributed by atoms with Crippen LogP contribution in [-0.4, -0.2) is 22.0 Å². The largest absolute Gasteiger partial charge is 0.478 e. The van der Waals surface area contributed by atoms with Gasteiger partial charge in [0.2, 0.25) is 0 Å². The van der Waals surface area contributed by atoms with Gasteiger partial charge in [-0.25, -0.2) is 4.79 Å². The number of carboxylic acid groups (broad SMARTS) is 1. The van der Waals surface area contributed by atoms with E-state index in [-0.39, 0.29) is 5.91 Å². The van der Waals surface area contributed by atoms with E-state index in [9.17, 15) is 9.59 Å². The number of rotatable bonds is 4. The Morgan fingerprint density at radius 3 is 2.76 bits per heavy atom. The van der Waals surface area contributed by atoms with Crippen LogP contribution >= 0.6 is 0 Å². The lowest BCUT2D eigenvalue weighted by Crippen LogP contribution is -2.12. The highest BCUT2D eigenvalue weighted by atomic mass is 16.4. The van der Waals surface area contributed by atoms with E-state index >= 15 is 0 Å². The first-order valence-corrected chi connectivity index (χ1v) is 6.29. The Bertz CT molecular complexity index is 694. The minimum absolute atomic E-state index is 0.264. The summed E-state index contributed by atoms with van der Waals surface area (Å²) in [6, 6.07) is 8.66. The molecule has 1 amide bonds. The molecule has 2 N–H and O–H groups in total. The second-order valence-corrected chi connectivity index (χ2v) is 4.44. The SMILES string of the molecule is Cc1ccc(NC(=O)c2cccnc2)cc1C=CC(=O)O. The summed E-state index contributed by atoms with van der Waals surface area (Å²) in [5, 5.41) is 11.4. The minimum Gasteiger partial charge on any atom is -0.478 e. The number of carbonyl (C=O) groups excluding carboxylic acids is 1. The lowest BCUT2D eigenvalue weighted by atomic mass is 10.1. The maximum Gasteiger partial charge on any atom is 0.328 e. The topological polar surface area (TPSA) is 79.3 Å². The highest BCUT2D eigenvalue weighted by Gasteiger charge is 2.06. The van der Waals surface area contributed by atoms with Crippen LogP contribution < -0.4 is 5.32 Å². The highest BCUT2D eigenvalue weighted by Crippen LogP contribution is 2.17. The zero-order valence-electron chi connectivity index (χ0n) is 11.4. The Morgan fingerprint density at radius 1 is 1.29 bits per heavy atom. The van der Waals surface area contributed by atoms with Gasteiger partial charge in [0, 0.05) is 24.2 Å². The lowest BCUT2D eigenvalue weighted by molar-refractivity contribution is -0.131. The maximum absolute atomic E-state index is 12.0. The van der Waals surface area contributed by atoms with E-state index < -0.39 is 5.97 Å². The summed E-state index contributed by atoms with van der Waals surface area (Å²) in [5.41, 5.74) is 2.72. The van der Waals surface area contributed by atoms with Crippen LogP contribution in [0.25, 0.3) is 6.08 Å². The number of aliphatic carboxylic acids is 1. The molecule has 106 valence electrons. The van der Waals surface area contributed by atoms with Gasteiger partial charge < -0.3 is 10.4 Å². The van der Waals surface area contributed by atoms with Crippen LogP contribution in [0.5, 0.6) is 0 Å². The lowest BCUT2D eigenvalue weighted by Gasteiger charge is -2.07. The van der Waals surface area contributed by atoms with Gasteiger partial charge in [-0.1, -0.05) is 6.07 Å². The zero-order valence-corrected chi connectivity index (χ0v) is 11.4.